The van der Waals surface area contributed by atoms with Crippen LogP contribution in [0.5, 0.6) is 5.75 Å². The van der Waals surface area contributed by atoms with E-state index in [0.717, 1.165) is 29.2 Å². The molecule has 1 amide bonds. The number of rotatable bonds is 9. The van der Waals surface area contributed by atoms with Crippen molar-refractivity contribution in [1.82, 2.24) is 9.80 Å². The van der Waals surface area contributed by atoms with Crippen molar-refractivity contribution in [1.29, 1.82) is 0 Å². The Hall–Kier alpha value is -2.64. The van der Waals surface area contributed by atoms with Crippen LogP contribution in [-0.4, -0.2) is 60.4 Å². The number of nitrogens with zero attached hydrogens (tertiary/aromatic N) is 2. The minimum atomic E-state index is -0.636. The summed E-state index contributed by atoms with van der Waals surface area (Å²) in [4.78, 5) is 30.4. The van der Waals surface area contributed by atoms with E-state index in [1.54, 1.807) is 23.1 Å². The van der Waals surface area contributed by atoms with Gasteiger partial charge in [-0.3, -0.25) is 9.59 Å². The number of aliphatic hydroxyl groups is 1. The quantitative estimate of drug-likeness (QED) is 0.343. The molecule has 0 radical (unpaired) electrons. The Morgan fingerprint density at radius 3 is 2.59 bits per heavy atom. The summed E-state index contributed by atoms with van der Waals surface area (Å²) < 4.78 is 5.83. The Labute approximate surface area is 194 Å². The number of thiophene rings is 1. The van der Waals surface area contributed by atoms with Gasteiger partial charge in [0.05, 0.1) is 18.2 Å². The largest absolute Gasteiger partial charge is 0.507 e. The Morgan fingerprint density at radius 1 is 1.25 bits per heavy atom. The molecule has 1 aliphatic rings. The molecular formula is C25H32N2O4S. The predicted molar refractivity (Wildman–Crippen MR) is 128 cm³/mol. The second kappa shape index (κ2) is 10.3. The predicted octanol–water partition coefficient (Wildman–Crippen LogP) is 4.46. The molecule has 1 fully saturated rings. The highest BCUT2D eigenvalue weighted by Crippen LogP contribution is 2.41. The Bertz CT molecular complexity index is 995. The van der Waals surface area contributed by atoms with Crippen LogP contribution in [0.2, 0.25) is 0 Å². The Kier molecular flexibility index (Phi) is 7.74. The van der Waals surface area contributed by atoms with Gasteiger partial charge in [-0.15, -0.1) is 11.3 Å². The second-order valence-corrected chi connectivity index (χ2v) is 9.83. The van der Waals surface area contributed by atoms with Gasteiger partial charge in [-0.25, -0.2) is 0 Å². The molecule has 1 saturated heterocycles. The molecule has 0 saturated carbocycles. The minimum absolute atomic E-state index is 0.143. The summed E-state index contributed by atoms with van der Waals surface area (Å²) in [5, 5.41) is 13.1. The van der Waals surface area contributed by atoms with E-state index in [9.17, 15) is 14.7 Å². The fraction of sp³-hybridized carbons (Fsp3) is 0.440. The van der Waals surface area contributed by atoms with Crippen molar-refractivity contribution >= 4 is 28.8 Å². The van der Waals surface area contributed by atoms with E-state index in [1.165, 1.54) is 11.3 Å². The number of hydrogen-bond donors (Lipinski definition) is 1. The first-order valence-corrected chi connectivity index (χ1v) is 11.8. The molecule has 172 valence electrons. The average molecular weight is 457 g/mol. The molecule has 1 N–H and O–H groups in total. The van der Waals surface area contributed by atoms with Crippen molar-refractivity contribution in [3.8, 4) is 5.75 Å². The lowest BCUT2D eigenvalue weighted by molar-refractivity contribution is -0.139. The van der Waals surface area contributed by atoms with E-state index in [0.29, 0.717) is 24.6 Å². The third-order valence-corrected chi connectivity index (χ3v) is 6.30. The number of Topliss-reactive ketones (excluding diaryl/α,β-unsaturated/α-hetero) is 1. The van der Waals surface area contributed by atoms with Crippen LogP contribution in [0.15, 0.2) is 41.3 Å². The Morgan fingerprint density at radius 2 is 2.00 bits per heavy atom. The van der Waals surface area contributed by atoms with Crippen LogP contribution < -0.4 is 4.74 Å². The van der Waals surface area contributed by atoms with Gasteiger partial charge in [0.15, 0.2) is 0 Å². The average Bonchev–Trinajstić information content (AvgIpc) is 3.34. The van der Waals surface area contributed by atoms with Gasteiger partial charge >= 0.3 is 0 Å². The van der Waals surface area contributed by atoms with Gasteiger partial charge in [-0.1, -0.05) is 19.9 Å². The molecule has 0 aliphatic carbocycles. The Balaban J connectivity index is 1.98. The van der Waals surface area contributed by atoms with Crippen molar-refractivity contribution in [2.75, 3.05) is 33.8 Å². The molecule has 1 aliphatic heterocycles. The number of carbonyl (C=O) groups excluding carboxylic acids is 2. The number of ether oxygens (including phenoxy) is 1. The van der Waals surface area contributed by atoms with Gasteiger partial charge in [0, 0.05) is 17.0 Å². The molecule has 6 nitrogen and oxygen atoms in total. The number of likely N-dealkylation sites (tertiary alicyclic amines) is 1. The third kappa shape index (κ3) is 5.22. The number of amides is 1. The van der Waals surface area contributed by atoms with Gasteiger partial charge < -0.3 is 19.6 Å². The minimum Gasteiger partial charge on any atom is -0.507 e. The molecule has 0 spiro atoms. The molecule has 1 aromatic heterocycles. The maximum absolute atomic E-state index is 13.0. The lowest BCUT2D eigenvalue weighted by Crippen LogP contribution is -2.32. The number of carbonyl (C=O) groups is 2. The monoisotopic (exact) mass is 456 g/mol. The zero-order valence-corrected chi connectivity index (χ0v) is 20.2. The van der Waals surface area contributed by atoms with Gasteiger partial charge in [0.25, 0.3) is 11.7 Å². The number of aryl methyl sites for hydroxylation is 1. The number of ketones is 1. The van der Waals surface area contributed by atoms with Gasteiger partial charge in [0.1, 0.15) is 11.5 Å². The summed E-state index contributed by atoms with van der Waals surface area (Å²) >= 11 is 1.48. The van der Waals surface area contributed by atoms with Crippen LogP contribution in [0.25, 0.3) is 5.76 Å². The van der Waals surface area contributed by atoms with Crippen LogP contribution in [0.4, 0.5) is 0 Å². The van der Waals surface area contributed by atoms with Crippen LogP contribution in [0.3, 0.4) is 0 Å². The molecule has 32 heavy (non-hydrogen) atoms. The van der Waals surface area contributed by atoms with Gasteiger partial charge in [0.2, 0.25) is 0 Å². The highest BCUT2D eigenvalue weighted by atomic mass is 32.1. The lowest BCUT2D eigenvalue weighted by atomic mass is 9.98. The third-order valence-electron chi connectivity index (χ3n) is 5.38. The first-order chi connectivity index (χ1) is 15.2. The molecule has 0 bridgehead atoms. The number of aliphatic hydroxyl groups excluding tert-OH is 1. The second-order valence-electron chi connectivity index (χ2n) is 8.85. The normalized spacial score (nSPS) is 18.2. The van der Waals surface area contributed by atoms with E-state index in [1.807, 2.05) is 43.4 Å². The number of benzene rings is 1. The highest BCUT2D eigenvalue weighted by Gasteiger charge is 2.46. The standard InChI is InChI=1S/C25H32N2O4S/c1-16(2)15-31-19-10-9-18(14-17(19)3)23(28)21-22(20-8-6-13-32-20)27(25(30)24(21)29)12-7-11-26(4)5/h6,8-10,13-14,16,22,28H,7,11-12,15H2,1-5H3/b23-21+/t22-/m0/s1. The van der Waals surface area contributed by atoms with E-state index in [4.69, 9.17) is 4.74 Å². The molecule has 0 unspecified atom stereocenters. The van der Waals surface area contributed by atoms with Gasteiger partial charge in [-0.2, -0.15) is 0 Å². The van der Waals surface area contributed by atoms with E-state index in [-0.39, 0.29) is 11.3 Å². The van der Waals surface area contributed by atoms with E-state index in [2.05, 4.69) is 13.8 Å². The SMILES string of the molecule is Cc1cc(/C(O)=C2\C(=O)C(=O)N(CCCN(C)C)[C@H]2c2cccs2)ccc1OCC(C)C. The highest BCUT2D eigenvalue weighted by molar-refractivity contribution is 7.10. The zero-order chi connectivity index (χ0) is 23.4. The maximum atomic E-state index is 13.0. The molecule has 1 aromatic carbocycles. The van der Waals surface area contributed by atoms with Crippen molar-refractivity contribution in [3.63, 3.8) is 0 Å². The van der Waals surface area contributed by atoms with Crippen LogP contribution in [0.1, 0.15) is 42.3 Å². The lowest BCUT2D eigenvalue weighted by Gasteiger charge is -2.24. The summed E-state index contributed by atoms with van der Waals surface area (Å²) in [6, 6.07) is 8.57. The molecule has 2 aromatic rings. The first-order valence-electron chi connectivity index (χ1n) is 10.9. The van der Waals surface area contributed by atoms with E-state index >= 15 is 0 Å². The van der Waals surface area contributed by atoms with E-state index < -0.39 is 17.7 Å². The molecule has 1 atom stereocenters. The van der Waals surface area contributed by atoms with Crippen molar-refractivity contribution in [2.24, 2.45) is 5.92 Å². The fourth-order valence-electron chi connectivity index (χ4n) is 3.78. The summed E-state index contributed by atoms with van der Waals surface area (Å²) in [5.41, 5.74) is 1.52. The molecule has 3 rings (SSSR count). The number of hydrogen-bond acceptors (Lipinski definition) is 6. The van der Waals surface area contributed by atoms with Crippen molar-refractivity contribution in [3.05, 3.63) is 57.3 Å². The summed E-state index contributed by atoms with van der Waals surface area (Å²) in [5.74, 6) is -0.192. The van der Waals surface area contributed by atoms with Crippen molar-refractivity contribution in [2.45, 2.75) is 33.2 Å². The van der Waals surface area contributed by atoms with Gasteiger partial charge in [-0.05, 0) is 75.1 Å². The smallest absolute Gasteiger partial charge is 0.295 e. The molecule has 7 heteroatoms. The summed E-state index contributed by atoms with van der Waals surface area (Å²) in [6.07, 6.45) is 0.739. The summed E-state index contributed by atoms with van der Waals surface area (Å²) in [7, 11) is 3.95. The summed E-state index contributed by atoms with van der Waals surface area (Å²) in [6.45, 7) is 7.92. The van der Waals surface area contributed by atoms with Crippen molar-refractivity contribution < 1.29 is 19.4 Å². The topological polar surface area (TPSA) is 70.1 Å². The van der Waals surface area contributed by atoms with Crippen LogP contribution in [0, 0.1) is 12.8 Å². The zero-order valence-electron chi connectivity index (χ0n) is 19.4. The fourth-order valence-corrected chi connectivity index (χ4v) is 4.63. The van der Waals surface area contributed by atoms with Crippen LogP contribution >= 0.6 is 11.3 Å². The first kappa shape index (κ1) is 24.0. The molecule has 2 heterocycles. The van der Waals surface area contributed by atoms with Crippen LogP contribution in [-0.2, 0) is 9.59 Å². The maximum Gasteiger partial charge on any atom is 0.295 e. The molecular weight excluding hydrogens is 424 g/mol.